The number of sulfonamides is 1. The highest BCUT2D eigenvalue weighted by Crippen LogP contribution is 2.30. The van der Waals surface area contributed by atoms with Crippen molar-refractivity contribution in [3.05, 3.63) is 59.7 Å². The number of hydrogen-bond acceptors (Lipinski definition) is 4. The van der Waals surface area contributed by atoms with E-state index in [1.54, 1.807) is 25.1 Å². The lowest BCUT2D eigenvalue weighted by Crippen LogP contribution is -2.44. The Morgan fingerprint density at radius 1 is 1.09 bits per heavy atom. The number of nitrogens with one attached hydrogen (secondary N) is 2. The zero-order chi connectivity index (χ0) is 23.4. The average molecular weight is 470 g/mol. The van der Waals surface area contributed by atoms with Gasteiger partial charge < -0.3 is 5.32 Å². The molecule has 3 rings (SSSR count). The minimum absolute atomic E-state index is 0.110. The van der Waals surface area contributed by atoms with Gasteiger partial charge in [0, 0.05) is 37.8 Å². The molecule has 0 atom stereocenters. The number of halogens is 3. The van der Waals surface area contributed by atoms with Crippen molar-refractivity contribution >= 4 is 21.6 Å². The molecule has 1 saturated heterocycles. The molecule has 1 amide bonds. The van der Waals surface area contributed by atoms with Crippen molar-refractivity contribution in [1.82, 2.24) is 9.62 Å². The first-order valence-electron chi connectivity index (χ1n) is 10.4. The molecule has 0 aliphatic carbocycles. The number of nitrogens with zero attached hydrogens (tertiary/aromatic N) is 1. The summed E-state index contributed by atoms with van der Waals surface area (Å²) >= 11 is 0. The summed E-state index contributed by atoms with van der Waals surface area (Å²) in [5.74, 6) is -0.157. The normalized spacial score (nSPS) is 16.1. The largest absolute Gasteiger partial charge is 0.416 e. The molecule has 1 aliphatic rings. The molecule has 0 bridgehead atoms. The van der Waals surface area contributed by atoms with Gasteiger partial charge in [-0.2, -0.15) is 13.2 Å². The number of likely N-dealkylation sites (tertiary alicyclic amines) is 1. The van der Waals surface area contributed by atoms with Crippen LogP contribution in [0.1, 0.15) is 37.3 Å². The summed E-state index contributed by atoms with van der Waals surface area (Å²) in [7, 11) is -3.72. The van der Waals surface area contributed by atoms with Crippen molar-refractivity contribution in [2.75, 3.05) is 18.4 Å². The van der Waals surface area contributed by atoms with E-state index in [4.69, 9.17) is 0 Å². The third kappa shape index (κ3) is 6.54. The highest BCUT2D eigenvalue weighted by atomic mass is 32.2. The monoisotopic (exact) mass is 469 g/mol. The van der Waals surface area contributed by atoms with E-state index in [0.29, 0.717) is 50.1 Å². The van der Waals surface area contributed by atoms with Crippen LogP contribution in [0.3, 0.4) is 0 Å². The summed E-state index contributed by atoms with van der Waals surface area (Å²) in [5, 5.41) is 2.67. The Labute approximate surface area is 185 Å². The molecule has 1 aliphatic heterocycles. The van der Waals surface area contributed by atoms with Crippen LogP contribution in [0.25, 0.3) is 0 Å². The van der Waals surface area contributed by atoms with Crippen molar-refractivity contribution in [1.29, 1.82) is 0 Å². The van der Waals surface area contributed by atoms with E-state index in [1.165, 1.54) is 18.2 Å². The van der Waals surface area contributed by atoms with E-state index in [1.807, 2.05) is 4.90 Å². The van der Waals surface area contributed by atoms with Crippen LogP contribution in [0, 0.1) is 0 Å². The van der Waals surface area contributed by atoms with E-state index in [2.05, 4.69) is 10.0 Å². The molecule has 6 nitrogen and oxygen atoms in total. The van der Waals surface area contributed by atoms with Gasteiger partial charge in [0.1, 0.15) is 0 Å². The molecule has 10 heteroatoms. The first-order valence-corrected chi connectivity index (χ1v) is 11.9. The van der Waals surface area contributed by atoms with Gasteiger partial charge in [0.25, 0.3) is 0 Å². The second-order valence-corrected chi connectivity index (χ2v) is 9.51. The number of rotatable bonds is 7. The molecule has 174 valence electrons. The molecule has 1 heterocycles. The second kappa shape index (κ2) is 10.0. The Balaban J connectivity index is 1.53. The highest BCUT2D eigenvalue weighted by molar-refractivity contribution is 7.89. The predicted octanol–water partition coefficient (Wildman–Crippen LogP) is 4.00. The fourth-order valence-corrected chi connectivity index (χ4v) is 4.87. The van der Waals surface area contributed by atoms with Crippen LogP contribution in [-0.2, 0) is 27.5 Å². The number of carbonyl (C=O) groups excluding carboxylic acids is 1. The lowest BCUT2D eigenvalue weighted by atomic mass is 10.0. The minimum Gasteiger partial charge on any atom is -0.326 e. The van der Waals surface area contributed by atoms with Gasteiger partial charge in [0.15, 0.2) is 0 Å². The zero-order valence-electron chi connectivity index (χ0n) is 17.7. The van der Waals surface area contributed by atoms with Gasteiger partial charge in [0.2, 0.25) is 15.9 Å². The highest BCUT2D eigenvalue weighted by Gasteiger charge is 2.31. The average Bonchev–Trinajstić information content (AvgIpc) is 2.75. The van der Waals surface area contributed by atoms with Gasteiger partial charge in [-0.15, -0.1) is 0 Å². The topological polar surface area (TPSA) is 78.5 Å². The fraction of sp³-hybridized carbons (Fsp3) is 0.409. The maximum absolute atomic E-state index is 12.9. The van der Waals surface area contributed by atoms with Crippen LogP contribution in [0.5, 0.6) is 0 Å². The summed E-state index contributed by atoms with van der Waals surface area (Å²) < 4.78 is 66.7. The quantitative estimate of drug-likeness (QED) is 0.643. The van der Waals surface area contributed by atoms with E-state index < -0.39 is 21.8 Å². The lowest BCUT2D eigenvalue weighted by molar-refractivity contribution is -0.137. The number of benzene rings is 2. The standard InChI is InChI=1S/C22H26F3N3O3S/c1-2-21(29)26-18-6-8-20(9-7-18)32(30,31)27-19-10-12-28(13-11-19)15-16-4-3-5-17(14-16)22(23,24)25/h3-9,14,19,27H,2,10-13,15H2,1H3,(H,26,29). The summed E-state index contributed by atoms with van der Waals surface area (Å²) in [6.45, 7) is 3.26. The van der Waals surface area contributed by atoms with Crippen LogP contribution in [0.4, 0.5) is 18.9 Å². The van der Waals surface area contributed by atoms with Crippen LogP contribution < -0.4 is 10.0 Å². The molecule has 0 spiro atoms. The Morgan fingerprint density at radius 2 is 1.75 bits per heavy atom. The lowest BCUT2D eigenvalue weighted by Gasteiger charge is -2.32. The molecule has 0 unspecified atom stereocenters. The smallest absolute Gasteiger partial charge is 0.326 e. The van der Waals surface area contributed by atoms with Gasteiger partial charge >= 0.3 is 6.18 Å². The summed E-state index contributed by atoms with van der Waals surface area (Å²) in [4.78, 5) is 13.6. The number of anilines is 1. The number of hydrogen-bond donors (Lipinski definition) is 2. The zero-order valence-corrected chi connectivity index (χ0v) is 18.5. The van der Waals surface area contributed by atoms with Crippen molar-refractivity contribution in [3.63, 3.8) is 0 Å². The maximum atomic E-state index is 12.9. The number of carbonyl (C=O) groups is 1. The van der Waals surface area contributed by atoms with Gasteiger partial charge in [0.05, 0.1) is 10.5 Å². The first kappa shape index (κ1) is 24.2. The van der Waals surface area contributed by atoms with Crippen LogP contribution in [-0.4, -0.2) is 38.4 Å². The Hall–Kier alpha value is -2.43. The molecule has 0 radical (unpaired) electrons. The predicted molar refractivity (Wildman–Crippen MR) is 115 cm³/mol. The first-order chi connectivity index (χ1) is 15.1. The SMILES string of the molecule is CCC(=O)Nc1ccc(S(=O)(=O)NC2CCN(Cc3cccc(C(F)(F)F)c3)CC2)cc1. The van der Waals surface area contributed by atoms with Gasteiger partial charge in [-0.1, -0.05) is 25.1 Å². The van der Waals surface area contributed by atoms with Gasteiger partial charge in [-0.05, 0) is 48.7 Å². The van der Waals surface area contributed by atoms with Crippen LogP contribution >= 0.6 is 0 Å². The van der Waals surface area contributed by atoms with E-state index in [-0.39, 0.29) is 16.8 Å². The summed E-state index contributed by atoms with van der Waals surface area (Å²) in [5.41, 5.74) is 0.436. The number of piperidine rings is 1. The minimum atomic E-state index is -4.37. The number of amides is 1. The Bertz CT molecular complexity index is 1030. The molecular formula is C22H26F3N3O3S. The van der Waals surface area contributed by atoms with E-state index >= 15 is 0 Å². The molecule has 2 aromatic rings. The Kier molecular flexibility index (Phi) is 7.58. The molecule has 2 N–H and O–H groups in total. The van der Waals surface area contributed by atoms with Crippen molar-refractivity contribution in [3.8, 4) is 0 Å². The van der Waals surface area contributed by atoms with Crippen molar-refractivity contribution < 1.29 is 26.4 Å². The second-order valence-electron chi connectivity index (χ2n) is 7.80. The van der Waals surface area contributed by atoms with Gasteiger partial charge in [-0.25, -0.2) is 13.1 Å². The molecule has 0 saturated carbocycles. The van der Waals surface area contributed by atoms with Crippen LogP contribution in [0.15, 0.2) is 53.4 Å². The van der Waals surface area contributed by atoms with Crippen molar-refractivity contribution in [2.45, 2.75) is 49.8 Å². The third-order valence-corrected chi connectivity index (χ3v) is 6.88. The maximum Gasteiger partial charge on any atom is 0.416 e. The fourth-order valence-electron chi connectivity index (χ4n) is 3.57. The van der Waals surface area contributed by atoms with Crippen LogP contribution in [0.2, 0.25) is 0 Å². The molecule has 0 aromatic heterocycles. The molecule has 32 heavy (non-hydrogen) atoms. The van der Waals surface area contributed by atoms with E-state index in [0.717, 1.165) is 12.1 Å². The van der Waals surface area contributed by atoms with Gasteiger partial charge in [-0.3, -0.25) is 9.69 Å². The third-order valence-electron chi connectivity index (χ3n) is 5.34. The van der Waals surface area contributed by atoms with Crippen molar-refractivity contribution in [2.24, 2.45) is 0 Å². The molecular weight excluding hydrogens is 443 g/mol. The molecule has 2 aromatic carbocycles. The number of alkyl halides is 3. The summed E-state index contributed by atoms with van der Waals surface area (Å²) in [6, 6.07) is 11.0. The Morgan fingerprint density at radius 3 is 2.34 bits per heavy atom. The molecule has 1 fully saturated rings. The van der Waals surface area contributed by atoms with E-state index in [9.17, 15) is 26.4 Å². The summed E-state index contributed by atoms with van der Waals surface area (Å²) in [6.07, 6.45) is -2.93.